The summed E-state index contributed by atoms with van der Waals surface area (Å²) < 4.78 is 0. The number of nitrogens with zero attached hydrogens (tertiary/aromatic N) is 3. The van der Waals surface area contributed by atoms with E-state index in [0.717, 1.165) is 31.8 Å². The Kier molecular flexibility index (Phi) is 4.62. The number of aryl methyl sites for hydroxylation is 3. The third kappa shape index (κ3) is 3.09. The van der Waals surface area contributed by atoms with Gasteiger partial charge < -0.3 is 4.98 Å². The summed E-state index contributed by atoms with van der Waals surface area (Å²) in [5.74, 6) is 1.68. The first-order valence-corrected chi connectivity index (χ1v) is 8.50. The van der Waals surface area contributed by atoms with Crippen molar-refractivity contribution in [2.75, 3.05) is 13.1 Å². The van der Waals surface area contributed by atoms with Crippen molar-refractivity contribution in [1.82, 2.24) is 25.1 Å². The molecule has 0 saturated carbocycles. The Labute approximate surface area is 132 Å². The molecule has 5 heteroatoms. The molecular weight excluding hydrogens is 274 g/mol. The van der Waals surface area contributed by atoms with Crippen molar-refractivity contribution in [2.24, 2.45) is 0 Å². The van der Waals surface area contributed by atoms with Crippen molar-refractivity contribution in [3.8, 4) is 0 Å². The third-order valence-corrected chi connectivity index (χ3v) is 4.79. The van der Waals surface area contributed by atoms with Crippen molar-refractivity contribution in [1.29, 1.82) is 0 Å². The molecular formula is C17H27N5. The number of rotatable bonds is 5. The molecule has 0 aromatic carbocycles. The van der Waals surface area contributed by atoms with E-state index in [0.29, 0.717) is 5.92 Å². The van der Waals surface area contributed by atoms with Gasteiger partial charge in [-0.25, -0.2) is 4.98 Å². The van der Waals surface area contributed by atoms with Gasteiger partial charge in [0, 0.05) is 36.8 Å². The number of imidazole rings is 1. The van der Waals surface area contributed by atoms with Gasteiger partial charge in [-0.3, -0.25) is 10.00 Å². The van der Waals surface area contributed by atoms with Gasteiger partial charge >= 0.3 is 0 Å². The maximum absolute atomic E-state index is 4.73. The van der Waals surface area contributed by atoms with E-state index in [1.54, 1.807) is 0 Å². The summed E-state index contributed by atoms with van der Waals surface area (Å²) in [5.41, 5.74) is 5.14. The molecule has 1 aliphatic heterocycles. The van der Waals surface area contributed by atoms with Crippen LogP contribution in [-0.4, -0.2) is 38.2 Å². The molecule has 0 radical (unpaired) electrons. The van der Waals surface area contributed by atoms with Gasteiger partial charge in [-0.15, -0.1) is 0 Å². The van der Waals surface area contributed by atoms with Gasteiger partial charge in [0.2, 0.25) is 0 Å². The molecule has 1 fully saturated rings. The second-order valence-corrected chi connectivity index (χ2v) is 6.35. The molecule has 0 unspecified atom stereocenters. The lowest BCUT2D eigenvalue weighted by atomic mass is 9.92. The topological polar surface area (TPSA) is 60.6 Å². The standard InChI is InChI=1S/C17H27N5/c1-4-13-9-18-21-17(13)14-7-6-8-22(10-14)11-15-12(3)19-16(5-2)20-15/h9,14H,4-8,10-11H2,1-3H3,(H,18,21)(H,19,20)/t14-/m1/s1. The molecule has 3 rings (SSSR count). The Bertz CT molecular complexity index is 612. The van der Waals surface area contributed by atoms with Gasteiger partial charge in [0.15, 0.2) is 0 Å². The minimum Gasteiger partial charge on any atom is -0.346 e. The summed E-state index contributed by atoms with van der Waals surface area (Å²) in [5, 5.41) is 7.48. The lowest BCUT2D eigenvalue weighted by molar-refractivity contribution is 0.196. The molecule has 2 aromatic rings. The van der Waals surface area contributed by atoms with Crippen LogP contribution >= 0.6 is 0 Å². The van der Waals surface area contributed by atoms with Gasteiger partial charge in [0.1, 0.15) is 5.82 Å². The Morgan fingerprint density at radius 1 is 1.32 bits per heavy atom. The van der Waals surface area contributed by atoms with Crippen LogP contribution in [-0.2, 0) is 19.4 Å². The Morgan fingerprint density at radius 3 is 2.91 bits per heavy atom. The minimum atomic E-state index is 0.580. The molecule has 0 aliphatic carbocycles. The lowest BCUT2D eigenvalue weighted by Crippen LogP contribution is -2.34. The number of likely N-dealkylation sites (tertiary alicyclic amines) is 1. The van der Waals surface area contributed by atoms with E-state index in [2.05, 4.69) is 40.9 Å². The van der Waals surface area contributed by atoms with E-state index in [1.165, 1.54) is 42.0 Å². The summed E-state index contributed by atoms with van der Waals surface area (Å²) in [6.45, 7) is 9.70. The van der Waals surface area contributed by atoms with Gasteiger partial charge in [0.25, 0.3) is 0 Å². The van der Waals surface area contributed by atoms with Gasteiger partial charge in [-0.2, -0.15) is 5.10 Å². The zero-order valence-electron chi connectivity index (χ0n) is 13.9. The number of aromatic nitrogens is 4. The number of hydrogen-bond donors (Lipinski definition) is 2. The highest BCUT2D eigenvalue weighted by atomic mass is 15.2. The quantitative estimate of drug-likeness (QED) is 0.892. The molecule has 5 nitrogen and oxygen atoms in total. The Morgan fingerprint density at radius 2 is 2.18 bits per heavy atom. The van der Waals surface area contributed by atoms with E-state index >= 15 is 0 Å². The van der Waals surface area contributed by atoms with Crippen LogP contribution in [0.1, 0.15) is 61.1 Å². The fourth-order valence-electron chi connectivity index (χ4n) is 3.49. The van der Waals surface area contributed by atoms with Crippen molar-refractivity contribution >= 4 is 0 Å². The van der Waals surface area contributed by atoms with Crippen LogP contribution in [0.2, 0.25) is 0 Å². The Balaban J connectivity index is 1.69. The zero-order valence-corrected chi connectivity index (χ0v) is 13.9. The molecule has 0 amide bonds. The van der Waals surface area contributed by atoms with Crippen LogP contribution < -0.4 is 0 Å². The normalized spacial score (nSPS) is 19.7. The highest BCUT2D eigenvalue weighted by molar-refractivity contribution is 5.21. The molecule has 0 bridgehead atoms. The molecule has 2 aromatic heterocycles. The van der Waals surface area contributed by atoms with E-state index in [9.17, 15) is 0 Å². The molecule has 0 spiro atoms. The highest BCUT2D eigenvalue weighted by Gasteiger charge is 2.25. The van der Waals surface area contributed by atoms with E-state index in [1.807, 2.05) is 6.20 Å². The fraction of sp³-hybridized carbons (Fsp3) is 0.647. The summed E-state index contributed by atoms with van der Waals surface area (Å²) in [7, 11) is 0. The van der Waals surface area contributed by atoms with E-state index in [-0.39, 0.29) is 0 Å². The number of hydrogen-bond acceptors (Lipinski definition) is 3. The molecule has 120 valence electrons. The van der Waals surface area contributed by atoms with Crippen LogP contribution in [0.25, 0.3) is 0 Å². The molecule has 1 atom stereocenters. The lowest BCUT2D eigenvalue weighted by Gasteiger charge is -2.32. The first-order valence-electron chi connectivity index (χ1n) is 8.50. The van der Waals surface area contributed by atoms with Crippen molar-refractivity contribution in [3.05, 3.63) is 34.7 Å². The molecule has 1 aliphatic rings. The summed E-state index contributed by atoms with van der Waals surface area (Å²) >= 11 is 0. The summed E-state index contributed by atoms with van der Waals surface area (Å²) in [4.78, 5) is 10.7. The molecule has 2 N–H and O–H groups in total. The van der Waals surface area contributed by atoms with Gasteiger partial charge in [-0.1, -0.05) is 13.8 Å². The maximum atomic E-state index is 4.73. The van der Waals surface area contributed by atoms with E-state index in [4.69, 9.17) is 4.98 Å². The van der Waals surface area contributed by atoms with E-state index < -0.39 is 0 Å². The van der Waals surface area contributed by atoms with Crippen molar-refractivity contribution < 1.29 is 0 Å². The summed E-state index contributed by atoms with van der Waals surface area (Å²) in [6.07, 6.45) is 6.51. The van der Waals surface area contributed by atoms with Crippen molar-refractivity contribution in [2.45, 2.75) is 58.9 Å². The predicted octanol–water partition coefficient (Wildman–Crippen LogP) is 2.95. The van der Waals surface area contributed by atoms with Crippen LogP contribution in [0.5, 0.6) is 0 Å². The smallest absolute Gasteiger partial charge is 0.106 e. The first-order chi connectivity index (χ1) is 10.7. The average Bonchev–Trinajstić information content (AvgIpc) is 3.14. The minimum absolute atomic E-state index is 0.580. The van der Waals surface area contributed by atoms with Crippen LogP contribution in [0.3, 0.4) is 0 Å². The highest BCUT2D eigenvalue weighted by Crippen LogP contribution is 2.28. The second-order valence-electron chi connectivity index (χ2n) is 6.35. The van der Waals surface area contributed by atoms with Gasteiger partial charge in [-0.05, 0) is 38.3 Å². The van der Waals surface area contributed by atoms with Crippen LogP contribution in [0.15, 0.2) is 6.20 Å². The second kappa shape index (κ2) is 6.65. The number of aromatic amines is 2. The largest absolute Gasteiger partial charge is 0.346 e. The van der Waals surface area contributed by atoms with Crippen molar-refractivity contribution in [3.63, 3.8) is 0 Å². The predicted molar refractivity (Wildman–Crippen MR) is 87.9 cm³/mol. The maximum Gasteiger partial charge on any atom is 0.106 e. The Hall–Kier alpha value is -1.62. The average molecular weight is 301 g/mol. The molecule has 1 saturated heterocycles. The number of H-pyrrole nitrogens is 2. The number of piperidine rings is 1. The zero-order chi connectivity index (χ0) is 15.5. The number of nitrogens with one attached hydrogen (secondary N) is 2. The third-order valence-electron chi connectivity index (χ3n) is 4.79. The monoisotopic (exact) mass is 301 g/mol. The fourth-order valence-corrected chi connectivity index (χ4v) is 3.49. The van der Waals surface area contributed by atoms with Gasteiger partial charge in [0.05, 0.1) is 11.9 Å². The molecule has 3 heterocycles. The molecule has 22 heavy (non-hydrogen) atoms. The first kappa shape index (κ1) is 15.3. The summed E-state index contributed by atoms with van der Waals surface area (Å²) in [6, 6.07) is 0. The SMILES string of the molecule is CCc1nc(CN2CCC[C@@H](c3[nH]ncc3CC)C2)c(C)[nH]1. The van der Waals surface area contributed by atoms with Crippen LogP contribution in [0, 0.1) is 6.92 Å². The van der Waals surface area contributed by atoms with Crippen LogP contribution in [0.4, 0.5) is 0 Å².